The van der Waals surface area contributed by atoms with Gasteiger partial charge in [0.05, 0.1) is 17.3 Å². The highest BCUT2D eigenvalue weighted by Gasteiger charge is 2.25. The van der Waals surface area contributed by atoms with Crippen molar-refractivity contribution in [3.63, 3.8) is 0 Å². The first-order chi connectivity index (χ1) is 9.49. The van der Waals surface area contributed by atoms with E-state index in [-0.39, 0.29) is 28.6 Å². The van der Waals surface area contributed by atoms with Crippen LogP contribution in [0.15, 0.2) is 6.20 Å². The van der Waals surface area contributed by atoms with Crippen LogP contribution in [-0.4, -0.2) is 35.1 Å². The van der Waals surface area contributed by atoms with E-state index in [1.54, 1.807) is 0 Å². The first kappa shape index (κ1) is 15.2. The van der Waals surface area contributed by atoms with Gasteiger partial charge in [-0.3, -0.25) is 4.79 Å². The molecule has 5 nitrogen and oxygen atoms in total. The van der Waals surface area contributed by atoms with Gasteiger partial charge in [-0.15, -0.1) is 0 Å². The number of carbonyl (C=O) groups is 1. The van der Waals surface area contributed by atoms with Crippen molar-refractivity contribution in [3.05, 3.63) is 22.7 Å². The van der Waals surface area contributed by atoms with Gasteiger partial charge in [0.2, 0.25) is 0 Å². The predicted molar refractivity (Wildman–Crippen MR) is 77.0 cm³/mol. The first-order valence-electron chi connectivity index (χ1n) is 6.91. The minimum Gasteiger partial charge on any atom is -0.378 e. The third kappa shape index (κ3) is 3.46. The molecule has 1 fully saturated rings. The number of hydrogen-bond acceptors (Lipinski definition) is 4. The van der Waals surface area contributed by atoms with Crippen molar-refractivity contribution in [2.24, 2.45) is 5.92 Å². The van der Waals surface area contributed by atoms with Crippen LogP contribution in [0.2, 0.25) is 5.02 Å². The maximum absolute atomic E-state index is 12.2. The third-order valence-electron chi connectivity index (χ3n) is 3.55. The highest BCUT2D eigenvalue weighted by Crippen LogP contribution is 2.20. The van der Waals surface area contributed by atoms with Crippen LogP contribution < -0.4 is 5.32 Å². The summed E-state index contributed by atoms with van der Waals surface area (Å²) < 4.78 is 5.47. The summed E-state index contributed by atoms with van der Waals surface area (Å²) in [7, 11) is 0. The molecule has 0 aromatic carbocycles. The Morgan fingerprint density at radius 1 is 1.60 bits per heavy atom. The molecule has 0 aliphatic carbocycles. The zero-order valence-corrected chi connectivity index (χ0v) is 12.8. The zero-order chi connectivity index (χ0) is 14.7. The molecule has 1 aliphatic heterocycles. The molecule has 0 spiro atoms. The third-order valence-corrected chi connectivity index (χ3v) is 3.83. The zero-order valence-electron chi connectivity index (χ0n) is 12.0. The van der Waals surface area contributed by atoms with E-state index in [1.807, 2.05) is 20.8 Å². The second-order valence-corrected chi connectivity index (χ2v) is 5.82. The number of carbonyl (C=O) groups excluding carboxylic acids is 1. The molecule has 0 radical (unpaired) electrons. The molecule has 1 N–H and O–H groups in total. The van der Waals surface area contributed by atoms with Crippen molar-refractivity contribution >= 4 is 17.5 Å². The van der Waals surface area contributed by atoms with Gasteiger partial charge in [-0.1, -0.05) is 25.4 Å². The van der Waals surface area contributed by atoms with Crippen LogP contribution in [-0.2, 0) is 4.74 Å². The summed E-state index contributed by atoms with van der Waals surface area (Å²) in [6.07, 6.45) is 2.64. The summed E-state index contributed by atoms with van der Waals surface area (Å²) in [5.41, 5.74) is 0.247. The molecule has 2 atom stereocenters. The first-order valence-corrected chi connectivity index (χ1v) is 7.29. The lowest BCUT2D eigenvalue weighted by molar-refractivity contribution is 0.0903. The highest BCUT2D eigenvalue weighted by molar-refractivity contribution is 6.33. The Kier molecular flexibility index (Phi) is 4.94. The van der Waals surface area contributed by atoms with Crippen LogP contribution in [0.4, 0.5) is 0 Å². The van der Waals surface area contributed by atoms with Crippen LogP contribution in [0, 0.1) is 5.92 Å². The van der Waals surface area contributed by atoms with E-state index in [2.05, 4.69) is 15.3 Å². The number of nitrogens with one attached hydrogen (secondary N) is 1. The van der Waals surface area contributed by atoms with Crippen molar-refractivity contribution < 1.29 is 9.53 Å². The Bertz CT molecular complexity index is 493. The minimum absolute atomic E-state index is 0.155. The van der Waals surface area contributed by atoms with E-state index in [0.29, 0.717) is 18.3 Å². The molecule has 6 heteroatoms. The molecular formula is C14H20ClN3O2. The Morgan fingerprint density at radius 3 is 2.95 bits per heavy atom. The van der Waals surface area contributed by atoms with Crippen molar-refractivity contribution in [1.29, 1.82) is 0 Å². The Hall–Kier alpha value is -1.20. The summed E-state index contributed by atoms with van der Waals surface area (Å²) in [6, 6.07) is 0. The van der Waals surface area contributed by atoms with Crippen molar-refractivity contribution in [1.82, 2.24) is 15.3 Å². The van der Waals surface area contributed by atoms with Crippen molar-refractivity contribution in [2.45, 2.75) is 39.2 Å². The van der Waals surface area contributed by atoms with Crippen LogP contribution in [0.25, 0.3) is 0 Å². The van der Waals surface area contributed by atoms with E-state index >= 15 is 0 Å². The molecule has 0 bridgehead atoms. The minimum atomic E-state index is -0.251. The standard InChI is InChI=1S/C14H20ClN3O2/c1-8(2)13-16-7-11(15)12(18-13)14(19)17-6-10-4-5-20-9(10)3/h7-10H,4-6H2,1-3H3,(H,17,19). The summed E-state index contributed by atoms with van der Waals surface area (Å²) in [5, 5.41) is 3.16. The highest BCUT2D eigenvalue weighted by atomic mass is 35.5. The number of ether oxygens (including phenoxy) is 1. The monoisotopic (exact) mass is 297 g/mol. The summed E-state index contributed by atoms with van der Waals surface area (Å²) in [4.78, 5) is 20.6. The largest absolute Gasteiger partial charge is 0.378 e. The van der Waals surface area contributed by atoms with Gasteiger partial charge in [0.1, 0.15) is 11.5 Å². The van der Waals surface area contributed by atoms with Crippen molar-refractivity contribution in [3.8, 4) is 0 Å². The second-order valence-electron chi connectivity index (χ2n) is 5.41. The van der Waals surface area contributed by atoms with Gasteiger partial charge in [-0.2, -0.15) is 0 Å². The average molecular weight is 298 g/mol. The van der Waals surface area contributed by atoms with Crippen LogP contribution in [0.3, 0.4) is 0 Å². The van der Waals surface area contributed by atoms with Gasteiger partial charge in [-0.05, 0) is 13.3 Å². The number of nitrogens with zero attached hydrogens (tertiary/aromatic N) is 2. The van der Waals surface area contributed by atoms with Crippen molar-refractivity contribution in [2.75, 3.05) is 13.2 Å². The molecule has 1 amide bonds. The molecule has 1 aromatic heterocycles. The van der Waals surface area contributed by atoms with Gasteiger partial charge >= 0.3 is 0 Å². The van der Waals surface area contributed by atoms with E-state index in [0.717, 1.165) is 13.0 Å². The van der Waals surface area contributed by atoms with E-state index < -0.39 is 0 Å². The average Bonchev–Trinajstić information content (AvgIpc) is 2.81. The smallest absolute Gasteiger partial charge is 0.271 e. The molecule has 1 aromatic rings. The lowest BCUT2D eigenvalue weighted by Gasteiger charge is -2.15. The Morgan fingerprint density at radius 2 is 2.35 bits per heavy atom. The molecule has 20 heavy (non-hydrogen) atoms. The molecule has 2 heterocycles. The number of rotatable bonds is 4. The number of hydrogen-bond donors (Lipinski definition) is 1. The number of halogens is 1. The molecule has 2 unspecified atom stereocenters. The Labute approximate surface area is 124 Å². The second kappa shape index (κ2) is 6.50. The van der Waals surface area contributed by atoms with Crippen LogP contribution >= 0.6 is 11.6 Å². The number of aromatic nitrogens is 2. The van der Waals surface area contributed by atoms with Gasteiger partial charge in [0.25, 0.3) is 5.91 Å². The topological polar surface area (TPSA) is 64.1 Å². The molecule has 1 aliphatic rings. The fourth-order valence-corrected chi connectivity index (χ4v) is 2.35. The van der Waals surface area contributed by atoms with E-state index in [4.69, 9.17) is 16.3 Å². The van der Waals surface area contributed by atoms with E-state index in [1.165, 1.54) is 6.20 Å². The maximum Gasteiger partial charge on any atom is 0.271 e. The lowest BCUT2D eigenvalue weighted by atomic mass is 10.0. The Balaban J connectivity index is 2.03. The van der Waals surface area contributed by atoms with Crippen LogP contribution in [0.5, 0.6) is 0 Å². The lowest BCUT2D eigenvalue weighted by Crippen LogP contribution is -2.32. The molecule has 0 saturated carbocycles. The van der Waals surface area contributed by atoms with Gasteiger partial charge in [0, 0.05) is 25.0 Å². The maximum atomic E-state index is 12.2. The number of amides is 1. The SMILES string of the molecule is CC(C)c1ncc(Cl)c(C(=O)NCC2CCOC2C)n1. The quantitative estimate of drug-likeness (QED) is 0.927. The molecule has 110 valence electrons. The summed E-state index contributed by atoms with van der Waals surface area (Å²) in [6.45, 7) is 7.31. The normalized spacial score (nSPS) is 22.2. The predicted octanol–water partition coefficient (Wildman–Crippen LogP) is 2.41. The van der Waals surface area contributed by atoms with Gasteiger partial charge < -0.3 is 10.1 Å². The molecular weight excluding hydrogens is 278 g/mol. The summed E-state index contributed by atoms with van der Waals surface area (Å²) in [5.74, 6) is 0.877. The fraction of sp³-hybridized carbons (Fsp3) is 0.643. The van der Waals surface area contributed by atoms with Gasteiger partial charge in [-0.25, -0.2) is 9.97 Å². The summed E-state index contributed by atoms with van der Waals surface area (Å²) >= 11 is 6.01. The molecule has 2 rings (SSSR count). The van der Waals surface area contributed by atoms with Gasteiger partial charge in [0.15, 0.2) is 0 Å². The fourth-order valence-electron chi connectivity index (χ4n) is 2.17. The molecule has 1 saturated heterocycles. The van der Waals surface area contributed by atoms with Crippen LogP contribution in [0.1, 0.15) is 49.4 Å². The van der Waals surface area contributed by atoms with E-state index in [9.17, 15) is 4.79 Å².